The van der Waals surface area contributed by atoms with Crippen LogP contribution in [-0.2, 0) is 10.8 Å². The summed E-state index contributed by atoms with van der Waals surface area (Å²) in [5.74, 6) is 9.84. The number of rotatable bonds is 5. The van der Waals surface area contributed by atoms with Crippen LogP contribution in [0.3, 0.4) is 0 Å². The van der Waals surface area contributed by atoms with E-state index in [-0.39, 0.29) is 10.8 Å². The Morgan fingerprint density at radius 2 is 1.15 bits per heavy atom. The summed E-state index contributed by atoms with van der Waals surface area (Å²) in [5, 5.41) is 0. The maximum atomic E-state index is 2.95. The maximum Gasteiger partial charge on any atom is 0.0547 e. The van der Waals surface area contributed by atoms with Gasteiger partial charge in [-0.1, -0.05) is 150 Å². The summed E-state index contributed by atoms with van der Waals surface area (Å²) in [4.78, 5) is 0. The summed E-state index contributed by atoms with van der Waals surface area (Å²) in [6, 6.07) is 20.2. The predicted molar refractivity (Wildman–Crippen MR) is 211 cm³/mol. The Morgan fingerprint density at radius 3 is 1.73 bits per heavy atom. The molecule has 5 aliphatic carbocycles. The second-order valence-corrected chi connectivity index (χ2v) is 26.3. The summed E-state index contributed by atoms with van der Waals surface area (Å²) < 4.78 is 0. The molecule has 12 atom stereocenters. The highest BCUT2D eigenvalue weighted by Crippen LogP contribution is 2.70. The van der Waals surface area contributed by atoms with Crippen molar-refractivity contribution in [3.05, 3.63) is 70.8 Å². The van der Waals surface area contributed by atoms with Crippen molar-refractivity contribution in [2.45, 2.75) is 167 Å². The number of hydrogen-bond acceptors (Lipinski definition) is 0. The minimum Gasteiger partial charge on any atom is -0.0689 e. The van der Waals surface area contributed by atoms with E-state index in [4.69, 9.17) is 0 Å². The van der Waals surface area contributed by atoms with Crippen molar-refractivity contribution >= 4 is 8.07 Å². The molecule has 1 heteroatoms. The minimum atomic E-state index is -1.62. The van der Waals surface area contributed by atoms with Crippen LogP contribution in [0.2, 0.25) is 24.2 Å². The largest absolute Gasteiger partial charge is 0.0689 e. The van der Waals surface area contributed by atoms with Gasteiger partial charge in [-0.2, -0.15) is 0 Å². The van der Waals surface area contributed by atoms with Gasteiger partial charge in [0.2, 0.25) is 0 Å². The van der Waals surface area contributed by atoms with Gasteiger partial charge in [0, 0.05) is 0 Å². The van der Waals surface area contributed by atoms with Gasteiger partial charge in [0.05, 0.1) is 8.07 Å². The summed E-state index contributed by atoms with van der Waals surface area (Å²) in [6.07, 6.45) is 13.4. The van der Waals surface area contributed by atoms with E-state index in [2.05, 4.69) is 124 Å². The van der Waals surface area contributed by atoms with E-state index in [9.17, 15) is 0 Å². The van der Waals surface area contributed by atoms with Crippen LogP contribution >= 0.6 is 0 Å². The first-order valence-electron chi connectivity index (χ1n) is 20.8. The standard InChI is InChI=1S/C47H72Si/c1-29(2)39-28-40-36(31-18-22-34(23-19-31)46(4,5)6)15-13-17-38(40)45(39)48(10,11)44-30(3)26-41-42(44)27-33-14-12-16-37(33)43(41)32-20-24-35(25-21-32)47(7,8)9/h18-25,29-30,33,36-45H,12-17,26-28H2,1-11H3. The lowest BCUT2D eigenvalue weighted by Crippen LogP contribution is -2.48. The molecular formula is C47H72Si. The van der Waals surface area contributed by atoms with E-state index in [0.717, 1.165) is 76.2 Å². The van der Waals surface area contributed by atoms with Crippen molar-refractivity contribution in [1.29, 1.82) is 0 Å². The Hall–Kier alpha value is -1.34. The van der Waals surface area contributed by atoms with Gasteiger partial charge in [0.25, 0.3) is 0 Å². The highest BCUT2D eigenvalue weighted by Gasteiger charge is 2.62. The molecule has 0 aromatic heterocycles. The van der Waals surface area contributed by atoms with E-state index < -0.39 is 8.07 Å². The average molecular weight is 665 g/mol. The summed E-state index contributed by atoms with van der Waals surface area (Å²) in [6.45, 7) is 28.1. The Balaban J connectivity index is 1.20. The fraction of sp³-hybridized carbons (Fsp3) is 0.745. The first kappa shape index (κ1) is 35.1. The Morgan fingerprint density at radius 1 is 0.583 bits per heavy atom. The number of benzene rings is 2. The van der Waals surface area contributed by atoms with E-state index >= 15 is 0 Å². The van der Waals surface area contributed by atoms with Crippen molar-refractivity contribution in [3.8, 4) is 0 Å². The quantitative estimate of drug-likeness (QED) is 0.279. The van der Waals surface area contributed by atoms with Crippen molar-refractivity contribution in [2.75, 3.05) is 0 Å². The molecule has 0 nitrogen and oxygen atoms in total. The third kappa shape index (κ3) is 6.05. The molecule has 5 fully saturated rings. The lowest BCUT2D eigenvalue weighted by atomic mass is 9.61. The van der Waals surface area contributed by atoms with Crippen LogP contribution in [0.25, 0.3) is 0 Å². The molecule has 0 saturated heterocycles. The van der Waals surface area contributed by atoms with Gasteiger partial charge in [-0.15, -0.1) is 0 Å². The van der Waals surface area contributed by atoms with Gasteiger partial charge in [-0.25, -0.2) is 0 Å². The highest BCUT2D eigenvalue weighted by atomic mass is 28.3. The van der Waals surface area contributed by atoms with Crippen molar-refractivity contribution in [1.82, 2.24) is 0 Å². The van der Waals surface area contributed by atoms with Crippen molar-refractivity contribution < 1.29 is 0 Å². The molecule has 2 aromatic rings. The molecule has 0 amide bonds. The van der Waals surface area contributed by atoms with Crippen LogP contribution in [0.5, 0.6) is 0 Å². The third-order valence-electron chi connectivity index (χ3n) is 16.0. The monoisotopic (exact) mass is 665 g/mol. The zero-order chi connectivity index (χ0) is 34.3. The highest BCUT2D eigenvalue weighted by molar-refractivity contribution is 6.80. The fourth-order valence-corrected chi connectivity index (χ4v) is 20.9. The summed E-state index contributed by atoms with van der Waals surface area (Å²) in [7, 11) is -1.62. The molecule has 5 saturated carbocycles. The van der Waals surface area contributed by atoms with Gasteiger partial charge >= 0.3 is 0 Å². The lowest BCUT2D eigenvalue weighted by molar-refractivity contribution is 0.120. The molecule has 0 radical (unpaired) electrons. The van der Waals surface area contributed by atoms with Crippen LogP contribution < -0.4 is 0 Å². The Kier molecular flexibility index (Phi) is 9.28. The van der Waals surface area contributed by atoms with Crippen LogP contribution in [0.15, 0.2) is 48.5 Å². The fourth-order valence-electron chi connectivity index (χ4n) is 14.2. The van der Waals surface area contributed by atoms with Gasteiger partial charge < -0.3 is 0 Å². The molecule has 0 aliphatic heterocycles. The molecule has 264 valence electrons. The third-order valence-corrected chi connectivity index (χ3v) is 21.3. The molecule has 0 spiro atoms. The summed E-state index contributed by atoms with van der Waals surface area (Å²) >= 11 is 0. The number of fused-ring (bicyclic) bond motifs is 3. The number of hydrogen-bond donors (Lipinski definition) is 0. The van der Waals surface area contributed by atoms with E-state index in [1.165, 1.54) is 62.5 Å². The van der Waals surface area contributed by atoms with E-state index in [1.807, 2.05) is 0 Å². The molecule has 48 heavy (non-hydrogen) atoms. The summed E-state index contributed by atoms with van der Waals surface area (Å²) in [5.41, 5.74) is 8.80. The van der Waals surface area contributed by atoms with Gasteiger partial charge in [-0.05, 0) is 141 Å². The first-order valence-corrected chi connectivity index (χ1v) is 23.9. The average Bonchev–Trinajstić information content (AvgIpc) is 3.74. The van der Waals surface area contributed by atoms with Crippen LogP contribution in [0, 0.1) is 53.3 Å². The zero-order valence-corrected chi connectivity index (χ0v) is 34.0. The second-order valence-electron chi connectivity index (χ2n) is 21.3. The Bertz CT molecular complexity index is 1400. The molecule has 0 N–H and O–H groups in total. The van der Waals surface area contributed by atoms with E-state index in [0.29, 0.717) is 0 Å². The molecule has 12 unspecified atom stereocenters. The van der Waals surface area contributed by atoms with Crippen LogP contribution in [0.4, 0.5) is 0 Å². The Labute approximate surface area is 298 Å². The van der Waals surface area contributed by atoms with Crippen molar-refractivity contribution in [3.63, 3.8) is 0 Å². The first-order chi connectivity index (χ1) is 22.6. The maximum absolute atomic E-state index is 2.95. The normalized spacial score (nSPS) is 38.6. The minimum absolute atomic E-state index is 0.228. The SMILES string of the molecule is CC(C)C1CC2C(c3ccc(C(C)(C)C)cc3)CCCC2C1[Si](C)(C)C1C(C)CC2C1CC1CCCC1C2c1ccc(C(C)(C)C)cc1. The topological polar surface area (TPSA) is 0 Å². The molecule has 0 heterocycles. The van der Waals surface area contributed by atoms with Gasteiger partial charge in [0.1, 0.15) is 0 Å². The predicted octanol–water partition coefficient (Wildman–Crippen LogP) is 13.8. The molecule has 7 rings (SSSR count). The van der Waals surface area contributed by atoms with Gasteiger partial charge in [0.15, 0.2) is 0 Å². The van der Waals surface area contributed by atoms with Crippen LogP contribution in [-0.4, -0.2) is 8.07 Å². The molecule has 0 bridgehead atoms. The molecular weight excluding hydrogens is 593 g/mol. The van der Waals surface area contributed by atoms with Gasteiger partial charge in [-0.3, -0.25) is 0 Å². The van der Waals surface area contributed by atoms with Crippen LogP contribution in [0.1, 0.15) is 154 Å². The zero-order valence-electron chi connectivity index (χ0n) is 33.0. The lowest BCUT2D eigenvalue weighted by Gasteiger charge is -2.51. The second kappa shape index (κ2) is 12.7. The molecule has 5 aliphatic rings. The smallest absolute Gasteiger partial charge is 0.0547 e. The molecule has 2 aromatic carbocycles. The van der Waals surface area contributed by atoms with Crippen molar-refractivity contribution in [2.24, 2.45) is 53.3 Å². The van der Waals surface area contributed by atoms with E-state index in [1.54, 1.807) is 17.5 Å².